The van der Waals surface area contributed by atoms with E-state index in [1.54, 1.807) is 12.4 Å². The molecule has 1 N–H and O–H groups in total. The molecule has 0 aromatic carbocycles. The van der Waals surface area contributed by atoms with E-state index < -0.39 is 0 Å². The van der Waals surface area contributed by atoms with E-state index in [1.807, 2.05) is 5.40 Å². The fourth-order valence-electron chi connectivity index (χ4n) is 0.350. The summed E-state index contributed by atoms with van der Waals surface area (Å²) in [6.45, 7) is 0. The third-order valence-electron chi connectivity index (χ3n) is 0.615. The van der Waals surface area contributed by atoms with Crippen LogP contribution in [0.4, 0.5) is 0 Å². The summed E-state index contributed by atoms with van der Waals surface area (Å²) in [5.74, 6) is 0. The fourth-order valence-corrected chi connectivity index (χ4v) is 0.677. The van der Waals surface area contributed by atoms with Crippen LogP contribution in [0.5, 0.6) is 0 Å². The highest BCUT2D eigenvalue weighted by molar-refractivity contribution is 8.03. The van der Waals surface area contributed by atoms with Gasteiger partial charge in [-0.3, -0.25) is 0 Å². The van der Waals surface area contributed by atoms with Gasteiger partial charge in [0, 0.05) is 24.2 Å². The predicted molar refractivity (Wildman–Crippen MR) is 30.1 cm³/mol. The smallest absolute Gasteiger partial charge is 0.180 e. The molecule has 1 rings (SSSR count). The van der Waals surface area contributed by atoms with Gasteiger partial charge in [0.15, 0.2) is 5.16 Å². The van der Waals surface area contributed by atoms with Crippen LogP contribution < -0.4 is 0 Å². The summed E-state index contributed by atoms with van der Waals surface area (Å²) in [6, 6.07) is 0. The van der Waals surface area contributed by atoms with Crippen molar-refractivity contribution in [3.63, 3.8) is 0 Å². The van der Waals surface area contributed by atoms with E-state index in [0.717, 1.165) is 11.8 Å². The lowest BCUT2D eigenvalue weighted by atomic mass is 11.0. The van der Waals surface area contributed by atoms with E-state index in [0.29, 0.717) is 5.16 Å². The first-order chi connectivity index (χ1) is 3.93. The zero-order chi connectivity index (χ0) is 5.82. The Morgan fingerprint density at radius 3 is 3.25 bits per heavy atom. The SMILES string of the molecule is N#CSc1ncc[nH]1. The highest BCUT2D eigenvalue weighted by atomic mass is 32.2. The molecule has 1 aromatic rings. The fraction of sp³-hybridized carbons (Fsp3) is 0. The zero-order valence-corrected chi connectivity index (χ0v) is 4.77. The van der Waals surface area contributed by atoms with Gasteiger partial charge in [0.1, 0.15) is 5.40 Å². The average molecular weight is 125 g/mol. The molecule has 0 aliphatic heterocycles. The van der Waals surface area contributed by atoms with Crippen LogP contribution in [0, 0.1) is 10.7 Å². The molecule has 0 fully saturated rings. The molecule has 1 aromatic heterocycles. The van der Waals surface area contributed by atoms with Gasteiger partial charge in [-0.1, -0.05) is 0 Å². The van der Waals surface area contributed by atoms with Gasteiger partial charge in [-0.25, -0.2) is 4.98 Å². The van der Waals surface area contributed by atoms with Crippen molar-refractivity contribution in [1.82, 2.24) is 9.97 Å². The van der Waals surface area contributed by atoms with Gasteiger partial charge >= 0.3 is 0 Å². The Morgan fingerprint density at radius 2 is 2.75 bits per heavy atom. The molecule has 0 saturated carbocycles. The normalized spacial score (nSPS) is 8.38. The number of hydrogen-bond acceptors (Lipinski definition) is 3. The number of nitriles is 1. The van der Waals surface area contributed by atoms with Crippen molar-refractivity contribution in [1.29, 1.82) is 5.26 Å². The Kier molecular flexibility index (Phi) is 1.55. The Balaban J connectivity index is 2.67. The second-order valence-corrected chi connectivity index (χ2v) is 1.86. The molecule has 0 spiro atoms. The van der Waals surface area contributed by atoms with E-state index in [1.165, 1.54) is 0 Å². The van der Waals surface area contributed by atoms with Crippen LogP contribution in [0.15, 0.2) is 17.6 Å². The molecule has 0 aliphatic carbocycles. The standard InChI is InChI=1S/C4H3N3S/c5-3-8-4-6-1-2-7-4/h1-2H,(H,6,7). The maximum atomic E-state index is 8.09. The summed E-state index contributed by atoms with van der Waals surface area (Å²) < 4.78 is 0. The zero-order valence-electron chi connectivity index (χ0n) is 3.96. The Labute approximate surface area is 50.7 Å². The Hall–Kier alpha value is -0.950. The molecular formula is C4H3N3S. The molecule has 0 aliphatic rings. The second-order valence-electron chi connectivity index (χ2n) is 1.09. The Morgan fingerprint density at radius 1 is 1.88 bits per heavy atom. The molecule has 40 valence electrons. The average Bonchev–Trinajstić information content (AvgIpc) is 2.19. The van der Waals surface area contributed by atoms with Crippen molar-refractivity contribution in [2.45, 2.75) is 5.16 Å². The minimum absolute atomic E-state index is 0.646. The van der Waals surface area contributed by atoms with Crippen molar-refractivity contribution in [2.75, 3.05) is 0 Å². The minimum Gasteiger partial charge on any atom is -0.339 e. The van der Waals surface area contributed by atoms with Crippen molar-refractivity contribution < 1.29 is 0 Å². The van der Waals surface area contributed by atoms with Gasteiger partial charge in [-0.05, 0) is 0 Å². The Bertz CT molecular complexity index is 186. The van der Waals surface area contributed by atoms with Crippen LogP contribution in [0.3, 0.4) is 0 Å². The molecule has 4 heteroatoms. The molecule has 8 heavy (non-hydrogen) atoms. The highest BCUT2D eigenvalue weighted by Crippen LogP contribution is 2.07. The van der Waals surface area contributed by atoms with Gasteiger partial charge in [0.2, 0.25) is 0 Å². The number of thiocyanates is 1. The largest absolute Gasteiger partial charge is 0.339 e. The van der Waals surface area contributed by atoms with Gasteiger partial charge in [0.25, 0.3) is 0 Å². The maximum Gasteiger partial charge on any atom is 0.180 e. The number of H-pyrrole nitrogens is 1. The van der Waals surface area contributed by atoms with Crippen molar-refractivity contribution in [2.24, 2.45) is 0 Å². The molecule has 0 amide bonds. The number of rotatable bonds is 1. The monoisotopic (exact) mass is 125 g/mol. The van der Waals surface area contributed by atoms with Gasteiger partial charge in [0.05, 0.1) is 0 Å². The summed E-state index contributed by atoms with van der Waals surface area (Å²) >= 11 is 1.02. The lowest BCUT2D eigenvalue weighted by Gasteiger charge is -1.76. The number of nitrogens with zero attached hydrogens (tertiary/aromatic N) is 2. The molecule has 3 nitrogen and oxygen atoms in total. The molecule has 0 radical (unpaired) electrons. The minimum atomic E-state index is 0.646. The van der Waals surface area contributed by atoms with Crippen LogP contribution in [0.25, 0.3) is 0 Å². The van der Waals surface area contributed by atoms with Crippen molar-refractivity contribution in [3.8, 4) is 5.40 Å². The summed E-state index contributed by atoms with van der Waals surface area (Å²) in [4.78, 5) is 6.56. The lowest BCUT2D eigenvalue weighted by molar-refractivity contribution is 1.06. The van der Waals surface area contributed by atoms with E-state index in [4.69, 9.17) is 5.26 Å². The van der Waals surface area contributed by atoms with E-state index >= 15 is 0 Å². The maximum absolute atomic E-state index is 8.09. The van der Waals surface area contributed by atoms with Crippen LogP contribution in [0.2, 0.25) is 0 Å². The van der Waals surface area contributed by atoms with E-state index in [-0.39, 0.29) is 0 Å². The number of hydrogen-bond donors (Lipinski definition) is 1. The van der Waals surface area contributed by atoms with Crippen LogP contribution in [-0.2, 0) is 0 Å². The molecule has 0 saturated heterocycles. The van der Waals surface area contributed by atoms with Gasteiger partial charge in [-0.2, -0.15) is 5.26 Å². The number of nitrogens with one attached hydrogen (secondary N) is 1. The molecule has 0 atom stereocenters. The number of thioether (sulfide) groups is 1. The van der Waals surface area contributed by atoms with Crippen molar-refractivity contribution >= 4 is 11.8 Å². The van der Waals surface area contributed by atoms with Crippen LogP contribution in [0.1, 0.15) is 0 Å². The quantitative estimate of drug-likeness (QED) is 0.449. The number of imidazole rings is 1. The summed E-state index contributed by atoms with van der Waals surface area (Å²) in [6.07, 6.45) is 3.29. The third kappa shape index (κ3) is 1.01. The third-order valence-corrected chi connectivity index (χ3v) is 1.12. The van der Waals surface area contributed by atoms with E-state index in [2.05, 4.69) is 9.97 Å². The molecule has 1 heterocycles. The summed E-state index contributed by atoms with van der Waals surface area (Å²) in [5.41, 5.74) is 0. The summed E-state index contributed by atoms with van der Waals surface area (Å²) in [7, 11) is 0. The first kappa shape index (κ1) is 5.19. The van der Waals surface area contributed by atoms with Crippen LogP contribution >= 0.6 is 11.8 Å². The van der Waals surface area contributed by atoms with Gasteiger partial charge in [-0.15, -0.1) is 0 Å². The second kappa shape index (κ2) is 2.38. The predicted octanol–water partition coefficient (Wildman–Crippen LogP) is 0.983. The van der Waals surface area contributed by atoms with Crippen molar-refractivity contribution in [3.05, 3.63) is 12.4 Å². The van der Waals surface area contributed by atoms with E-state index in [9.17, 15) is 0 Å². The molecule has 0 unspecified atom stereocenters. The molecule has 0 bridgehead atoms. The molecular weight excluding hydrogens is 122 g/mol. The number of aromatic nitrogens is 2. The van der Waals surface area contributed by atoms with Gasteiger partial charge < -0.3 is 4.98 Å². The van der Waals surface area contributed by atoms with Crippen LogP contribution in [-0.4, -0.2) is 9.97 Å². The summed E-state index contributed by atoms with van der Waals surface area (Å²) in [5, 5.41) is 10.6. The number of aromatic amines is 1. The highest BCUT2D eigenvalue weighted by Gasteiger charge is 1.88. The first-order valence-corrected chi connectivity index (χ1v) is 2.80. The first-order valence-electron chi connectivity index (χ1n) is 1.99. The topological polar surface area (TPSA) is 52.5 Å². The lowest BCUT2D eigenvalue weighted by Crippen LogP contribution is -1.66.